The van der Waals surface area contributed by atoms with Crippen LogP contribution in [0.2, 0.25) is 0 Å². The Hall–Kier alpha value is -1.65. The van der Waals surface area contributed by atoms with E-state index < -0.39 is 0 Å². The molecule has 0 atom stereocenters. The molecule has 3 rings (SSSR count). The van der Waals surface area contributed by atoms with E-state index in [2.05, 4.69) is 10.3 Å². The number of fused-ring (bicyclic) bond motifs is 1. The summed E-state index contributed by atoms with van der Waals surface area (Å²) in [5, 5.41) is 4.18. The van der Waals surface area contributed by atoms with Crippen LogP contribution in [-0.2, 0) is 4.74 Å². The Labute approximate surface area is 101 Å². The van der Waals surface area contributed by atoms with Gasteiger partial charge in [-0.3, -0.25) is 4.98 Å². The van der Waals surface area contributed by atoms with Gasteiger partial charge in [-0.25, -0.2) is 0 Å². The average Bonchev–Trinajstić information content (AvgIpc) is 2.42. The summed E-state index contributed by atoms with van der Waals surface area (Å²) in [5.41, 5.74) is 7.46. The average molecular weight is 231 g/mol. The van der Waals surface area contributed by atoms with Crippen LogP contribution in [0.15, 0.2) is 36.5 Å². The van der Waals surface area contributed by atoms with Crippen LogP contribution in [0.4, 0.5) is 5.69 Å². The molecular formula is C13H17N3O. The Morgan fingerprint density at radius 2 is 1.94 bits per heavy atom. The summed E-state index contributed by atoms with van der Waals surface area (Å²) >= 11 is 0. The minimum Gasteiger partial charge on any atom is -0.398 e. The number of hydrogen-bond acceptors (Lipinski definition) is 4. The summed E-state index contributed by atoms with van der Waals surface area (Å²) < 4.78 is 5.01. The molecule has 1 aliphatic rings. The lowest BCUT2D eigenvalue weighted by atomic mass is 10.2. The van der Waals surface area contributed by atoms with Crippen LogP contribution in [0.3, 0.4) is 0 Å². The lowest BCUT2D eigenvalue weighted by Gasteiger charge is -2.10. The van der Waals surface area contributed by atoms with Gasteiger partial charge in [-0.05, 0) is 24.3 Å². The Morgan fingerprint density at radius 1 is 1.12 bits per heavy atom. The number of nitrogens with zero attached hydrogens (tertiary/aromatic N) is 1. The minimum atomic E-state index is 0.788. The van der Waals surface area contributed by atoms with E-state index in [9.17, 15) is 0 Å². The van der Waals surface area contributed by atoms with E-state index in [0.717, 1.165) is 42.9 Å². The largest absolute Gasteiger partial charge is 0.398 e. The van der Waals surface area contributed by atoms with Gasteiger partial charge in [-0.1, -0.05) is 6.07 Å². The van der Waals surface area contributed by atoms with Crippen molar-refractivity contribution in [1.29, 1.82) is 0 Å². The zero-order chi connectivity index (χ0) is 11.9. The maximum Gasteiger partial charge on any atom is 0.0722 e. The highest BCUT2D eigenvalue weighted by atomic mass is 16.5. The quantitative estimate of drug-likeness (QED) is 0.673. The number of morpholine rings is 1. The van der Waals surface area contributed by atoms with Gasteiger partial charge in [-0.15, -0.1) is 0 Å². The normalized spacial score (nSPS) is 15.1. The van der Waals surface area contributed by atoms with Gasteiger partial charge in [0.25, 0.3) is 0 Å². The standard InChI is InChI=1S/C9H8N2.C4H9NO/c10-8-4-1-5-9-7(8)3-2-6-11-9;1-3-6-4-2-5-1/h1-6H,10H2;5H,1-4H2. The fourth-order valence-electron chi connectivity index (χ4n) is 1.64. The van der Waals surface area contributed by atoms with E-state index in [1.165, 1.54) is 0 Å². The minimum absolute atomic E-state index is 0.788. The van der Waals surface area contributed by atoms with E-state index in [-0.39, 0.29) is 0 Å². The molecular weight excluding hydrogens is 214 g/mol. The number of rotatable bonds is 0. The van der Waals surface area contributed by atoms with Crippen LogP contribution in [0.5, 0.6) is 0 Å². The first-order valence-electron chi connectivity index (χ1n) is 5.75. The lowest BCUT2D eigenvalue weighted by Crippen LogP contribution is -2.30. The number of anilines is 1. The third kappa shape index (κ3) is 3.41. The third-order valence-electron chi connectivity index (χ3n) is 2.53. The highest BCUT2D eigenvalue weighted by Gasteiger charge is 1.94. The Balaban J connectivity index is 0.000000153. The second-order valence-electron chi connectivity index (χ2n) is 3.78. The number of nitrogen functional groups attached to an aromatic ring is 1. The SMILES string of the molecule is C1COCCN1.Nc1cccc2ncccc12. The van der Waals surface area contributed by atoms with Gasteiger partial charge in [0, 0.05) is 30.4 Å². The summed E-state index contributed by atoms with van der Waals surface area (Å²) in [7, 11) is 0. The summed E-state index contributed by atoms with van der Waals surface area (Å²) in [6, 6.07) is 9.59. The molecule has 1 aliphatic heterocycles. The number of hydrogen-bond donors (Lipinski definition) is 2. The summed E-state index contributed by atoms with van der Waals surface area (Å²) in [4.78, 5) is 4.16. The Bertz CT molecular complexity index is 452. The van der Waals surface area contributed by atoms with Crippen molar-refractivity contribution in [1.82, 2.24) is 10.3 Å². The highest BCUT2D eigenvalue weighted by Crippen LogP contribution is 2.17. The molecule has 17 heavy (non-hydrogen) atoms. The molecule has 1 aromatic carbocycles. The molecule has 1 aromatic heterocycles. The van der Waals surface area contributed by atoms with Crippen molar-refractivity contribution in [3.05, 3.63) is 36.5 Å². The maximum atomic E-state index is 5.72. The van der Waals surface area contributed by atoms with Crippen LogP contribution in [0.25, 0.3) is 10.9 Å². The third-order valence-corrected chi connectivity index (χ3v) is 2.53. The summed E-state index contributed by atoms with van der Waals surface area (Å²) in [6.45, 7) is 3.83. The number of pyridine rings is 1. The van der Waals surface area contributed by atoms with Gasteiger partial charge in [0.15, 0.2) is 0 Å². The first kappa shape index (κ1) is 11.8. The van der Waals surface area contributed by atoms with Gasteiger partial charge < -0.3 is 15.8 Å². The van der Waals surface area contributed by atoms with Crippen molar-refractivity contribution >= 4 is 16.6 Å². The second kappa shape index (κ2) is 6.18. The number of ether oxygens (including phenoxy) is 1. The van der Waals surface area contributed by atoms with Gasteiger partial charge in [0.05, 0.1) is 18.7 Å². The molecule has 4 nitrogen and oxygen atoms in total. The van der Waals surface area contributed by atoms with Crippen LogP contribution in [0.1, 0.15) is 0 Å². The molecule has 0 amide bonds. The number of benzene rings is 1. The first-order chi connectivity index (χ1) is 8.38. The van der Waals surface area contributed by atoms with E-state index in [0.29, 0.717) is 0 Å². The predicted molar refractivity (Wildman–Crippen MR) is 69.8 cm³/mol. The number of nitrogens with two attached hydrogens (primary N) is 1. The second-order valence-corrected chi connectivity index (χ2v) is 3.78. The monoisotopic (exact) mass is 231 g/mol. The highest BCUT2D eigenvalue weighted by molar-refractivity contribution is 5.89. The topological polar surface area (TPSA) is 60.2 Å². The van der Waals surface area contributed by atoms with E-state index in [1.54, 1.807) is 6.20 Å². The molecule has 0 bridgehead atoms. The molecule has 0 aliphatic carbocycles. The molecule has 3 N–H and O–H groups in total. The molecule has 4 heteroatoms. The van der Waals surface area contributed by atoms with E-state index >= 15 is 0 Å². The fraction of sp³-hybridized carbons (Fsp3) is 0.308. The van der Waals surface area contributed by atoms with Crippen molar-refractivity contribution < 1.29 is 4.74 Å². The lowest BCUT2D eigenvalue weighted by molar-refractivity contribution is 0.109. The van der Waals surface area contributed by atoms with Crippen LogP contribution >= 0.6 is 0 Å². The molecule has 1 saturated heterocycles. The van der Waals surface area contributed by atoms with E-state index in [1.807, 2.05) is 30.3 Å². The molecule has 0 unspecified atom stereocenters. The smallest absolute Gasteiger partial charge is 0.0722 e. The van der Waals surface area contributed by atoms with Crippen LogP contribution in [-0.4, -0.2) is 31.3 Å². The molecule has 0 saturated carbocycles. The van der Waals surface area contributed by atoms with Gasteiger partial charge >= 0.3 is 0 Å². The molecule has 90 valence electrons. The summed E-state index contributed by atoms with van der Waals surface area (Å²) in [5.74, 6) is 0. The number of aromatic nitrogens is 1. The van der Waals surface area contributed by atoms with Gasteiger partial charge in [-0.2, -0.15) is 0 Å². The van der Waals surface area contributed by atoms with Crippen molar-refractivity contribution in [3.63, 3.8) is 0 Å². The zero-order valence-corrected chi connectivity index (χ0v) is 9.73. The Kier molecular flexibility index (Phi) is 4.30. The predicted octanol–water partition coefficient (Wildman–Crippen LogP) is 1.42. The van der Waals surface area contributed by atoms with Crippen LogP contribution < -0.4 is 11.1 Å². The van der Waals surface area contributed by atoms with Gasteiger partial charge in [0.1, 0.15) is 0 Å². The summed E-state index contributed by atoms with van der Waals surface area (Å²) in [6.07, 6.45) is 1.77. The molecule has 2 aromatic rings. The number of nitrogens with one attached hydrogen (secondary N) is 1. The molecule has 0 radical (unpaired) electrons. The zero-order valence-electron chi connectivity index (χ0n) is 9.73. The Morgan fingerprint density at radius 3 is 2.53 bits per heavy atom. The van der Waals surface area contributed by atoms with Crippen molar-refractivity contribution in [2.75, 3.05) is 32.0 Å². The van der Waals surface area contributed by atoms with Crippen LogP contribution in [0, 0.1) is 0 Å². The van der Waals surface area contributed by atoms with Crippen molar-refractivity contribution in [2.24, 2.45) is 0 Å². The fourth-order valence-corrected chi connectivity index (χ4v) is 1.64. The molecule has 1 fully saturated rings. The molecule has 0 spiro atoms. The van der Waals surface area contributed by atoms with Crippen molar-refractivity contribution in [3.8, 4) is 0 Å². The first-order valence-corrected chi connectivity index (χ1v) is 5.75. The maximum absolute atomic E-state index is 5.72. The van der Waals surface area contributed by atoms with Gasteiger partial charge in [0.2, 0.25) is 0 Å². The van der Waals surface area contributed by atoms with E-state index in [4.69, 9.17) is 10.5 Å². The van der Waals surface area contributed by atoms with Crippen molar-refractivity contribution in [2.45, 2.75) is 0 Å². The molecule has 2 heterocycles.